The molecule has 1 N–H and O–H groups in total. The van der Waals surface area contributed by atoms with Gasteiger partial charge in [-0.05, 0) is 62.4 Å². The van der Waals surface area contributed by atoms with Crippen molar-refractivity contribution in [3.8, 4) is 0 Å². The van der Waals surface area contributed by atoms with Crippen LogP contribution in [-0.2, 0) is 0 Å². The van der Waals surface area contributed by atoms with E-state index in [2.05, 4.69) is 22.0 Å². The molecule has 5 nitrogen and oxygen atoms in total. The van der Waals surface area contributed by atoms with Crippen LogP contribution in [0.2, 0.25) is 0 Å². The molecule has 114 valence electrons. The molecule has 0 radical (unpaired) electrons. The number of rotatable bonds is 2. The van der Waals surface area contributed by atoms with Gasteiger partial charge in [0.2, 0.25) is 0 Å². The van der Waals surface area contributed by atoms with Gasteiger partial charge in [-0.3, -0.25) is 4.98 Å². The molecular weight excluding hydrogens is 266 g/mol. The summed E-state index contributed by atoms with van der Waals surface area (Å²) >= 11 is 0. The van der Waals surface area contributed by atoms with Gasteiger partial charge in [0.1, 0.15) is 0 Å². The van der Waals surface area contributed by atoms with Gasteiger partial charge in [-0.2, -0.15) is 0 Å². The molecule has 0 saturated carbocycles. The zero-order valence-electron chi connectivity index (χ0n) is 12.3. The molecule has 0 aliphatic carbocycles. The van der Waals surface area contributed by atoms with Crippen molar-refractivity contribution in [3.63, 3.8) is 0 Å². The van der Waals surface area contributed by atoms with Gasteiger partial charge in [-0.1, -0.05) is 0 Å². The first kappa shape index (κ1) is 14.3. The van der Waals surface area contributed by atoms with E-state index in [9.17, 15) is 4.79 Å². The van der Waals surface area contributed by atoms with Gasteiger partial charge in [0.05, 0.1) is 0 Å². The van der Waals surface area contributed by atoms with E-state index in [1.165, 1.54) is 18.4 Å². The number of aromatic nitrogens is 1. The maximum atomic E-state index is 10.9. The average Bonchev–Trinajstić information content (AvgIpc) is 2.56. The summed E-state index contributed by atoms with van der Waals surface area (Å²) < 4.78 is 0. The summed E-state index contributed by atoms with van der Waals surface area (Å²) in [6.07, 6.45) is 7.34. The topological polar surface area (TPSA) is 56.7 Å². The molecule has 0 aromatic carbocycles. The Bertz CT molecular complexity index is 464. The second kappa shape index (κ2) is 6.43. The molecule has 21 heavy (non-hydrogen) atoms. The van der Waals surface area contributed by atoms with E-state index < -0.39 is 6.09 Å². The second-order valence-electron chi connectivity index (χ2n) is 6.09. The van der Waals surface area contributed by atoms with Crippen molar-refractivity contribution in [1.82, 2.24) is 14.8 Å². The molecule has 0 bridgehead atoms. The van der Waals surface area contributed by atoms with E-state index in [0.29, 0.717) is 25.0 Å². The van der Waals surface area contributed by atoms with E-state index in [0.717, 1.165) is 25.9 Å². The summed E-state index contributed by atoms with van der Waals surface area (Å²) in [5, 5.41) is 9.00. The van der Waals surface area contributed by atoms with Gasteiger partial charge >= 0.3 is 6.09 Å². The van der Waals surface area contributed by atoms with Crippen LogP contribution in [-0.4, -0.2) is 58.2 Å². The molecule has 3 heterocycles. The molecule has 2 saturated heterocycles. The van der Waals surface area contributed by atoms with Crippen molar-refractivity contribution < 1.29 is 9.90 Å². The van der Waals surface area contributed by atoms with E-state index in [1.807, 2.05) is 12.4 Å². The Kier molecular flexibility index (Phi) is 4.39. The molecule has 2 fully saturated rings. The molecule has 3 rings (SSSR count). The normalized spacial score (nSPS) is 22.4. The van der Waals surface area contributed by atoms with Gasteiger partial charge in [-0.15, -0.1) is 0 Å². The van der Waals surface area contributed by atoms with Crippen LogP contribution in [0.1, 0.15) is 37.2 Å². The Morgan fingerprint density at radius 3 is 2.24 bits per heavy atom. The first-order valence-electron chi connectivity index (χ1n) is 7.86. The first-order valence-corrected chi connectivity index (χ1v) is 7.86. The second-order valence-corrected chi connectivity index (χ2v) is 6.09. The highest BCUT2D eigenvalue weighted by Gasteiger charge is 2.29. The van der Waals surface area contributed by atoms with Crippen LogP contribution in [0.15, 0.2) is 24.5 Å². The van der Waals surface area contributed by atoms with Gasteiger partial charge in [0.25, 0.3) is 0 Å². The van der Waals surface area contributed by atoms with E-state index in [4.69, 9.17) is 5.11 Å². The summed E-state index contributed by atoms with van der Waals surface area (Å²) in [6, 6.07) is 4.83. The predicted molar refractivity (Wildman–Crippen MR) is 80.4 cm³/mol. The minimum atomic E-state index is -0.773. The van der Waals surface area contributed by atoms with Crippen molar-refractivity contribution in [2.24, 2.45) is 0 Å². The van der Waals surface area contributed by atoms with Crippen LogP contribution in [0.3, 0.4) is 0 Å². The summed E-state index contributed by atoms with van der Waals surface area (Å²) in [6.45, 7) is 3.63. The third-order valence-electron chi connectivity index (χ3n) is 4.96. The van der Waals surface area contributed by atoms with Crippen LogP contribution in [0, 0.1) is 0 Å². The van der Waals surface area contributed by atoms with Crippen molar-refractivity contribution in [1.29, 1.82) is 0 Å². The molecule has 2 aliphatic rings. The highest BCUT2D eigenvalue weighted by atomic mass is 16.4. The number of carboxylic acid groups (broad SMARTS) is 1. The van der Waals surface area contributed by atoms with Gasteiger partial charge < -0.3 is 14.9 Å². The molecule has 1 aromatic heterocycles. The number of carbonyl (C=O) groups is 1. The lowest BCUT2D eigenvalue weighted by Crippen LogP contribution is -2.48. The molecule has 5 heteroatoms. The molecule has 1 aromatic rings. The molecule has 0 unspecified atom stereocenters. The van der Waals surface area contributed by atoms with E-state index >= 15 is 0 Å². The molecule has 0 spiro atoms. The summed E-state index contributed by atoms with van der Waals surface area (Å²) in [4.78, 5) is 19.1. The van der Waals surface area contributed by atoms with Crippen LogP contribution in [0.5, 0.6) is 0 Å². The lowest BCUT2D eigenvalue weighted by molar-refractivity contribution is 0.0812. The summed E-state index contributed by atoms with van der Waals surface area (Å²) in [7, 11) is 0. The zero-order valence-corrected chi connectivity index (χ0v) is 12.3. The SMILES string of the molecule is O=C(O)N1CCC(N2CCC(c3ccncc3)CC2)CC1. The first-order chi connectivity index (χ1) is 10.2. The predicted octanol–water partition coefficient (Wildman–Crippen LogP) is 2.40. The Hall–Kier alpha value is -1.62. The number of amides is 1. The summed E-state index contributed by atoms with van der Waals surface area (Å²) in [5.74, 6) is 0.656. The Morgan fingerprint density at radius 2 is 1.67 bits per heavy atom. The lowest BCUT2D eigenvalue weighted by atomic mass is 9.88. The number of piperidine rings is 2. The van der Waals surface area contributed by atoms with Gasteiger partial charge in [0.15, 0.2) is 0 Å². The smallest absolute Gasteiger partial charge is 0.407 e. The molecule has 1 amide bonds. The number of hydrogen-bond donors (Lipinski definition) is 1. The van der Waals surface area contributed by atoms with Crippen molar-refractivity contribution in [2.75, 3.05) is 26.2 Å². The van der Waals surface area contributed by atoms with Crippen LogP contribution in [0.25, 0.3) is 0 Å². The third-order valence-corrected chi connectivity index (χ3v) is 4.96. The van der Waals surface area contributed by atoms with Crippen LogP contribution in [0.4, 0.5) is 4.79 Å². The Labute approximate surface area is 125 Å². The van der Waals surface area contributed by atoms with Crippen molar-refractivity contribution in [3.05, 3.63) is 30.1 Å². The fourth-order valence-electron chi connectivity index (χ4n) is 3.66. The van der Waals surface area contributed by atoms with Crippen LogP contribution < -0.4 is 0 Å². The van der Waals surface area contributed by atoms with E-state index in [1.54, 1.807) is 4.90 Å². The largest absolute Gasteiger partial charge is 0.465 e. The van der Waals surface area contributed by atoms with Crippen molar-refractivity contribution in [2.45, 2.75) is 37.6 Å². The van der Waals surface area contributed by atoms with Crippen molar-refractivity contribution >= 4 is 6.09 Å². The minimum Gasteiger partial charge on any atom is -0.465 e. The maximum absolute atomic E-state index is 10.9. The standard InChI is InChI=1S/C16H23N3O2/c20-16(21)19-11-5-15(6-12-19)18-9-3-14(4-10-18)13-1-7-17-8-2-13/h1-2,7-8,14-15H,3-6,9-12H2,(H,20,21). The Morgan fingerprint density at radius 1 is 1.05 bits per heavy atom. The monoisotopic (exact) mass is 289 g/mol. The maximum Gasteiger partial charge on any atom is 0.407 e. The molecular formula is C16H23N3O2. The average molecular weight is 289 g/mol. The fraction of sp³-hybridized carbons (Fsp3) is 0.625. The number of hydrogen-bond acceptors (Lipinski definition) is 3. The zero-order chi connectivity index (χ0) is 14.7. The Balaban J connectivity index is 1.49. The minimum absolute atomic E-state index is 0.569. The quantitative estimate of drug-likeness (QED) is 0.908. The molecule has 2 aliphatic heterocycles. The number of nitrogens with zero attached hydrogens (tertiary/aromatic N) is 3. The fourth-order valence-corrected chi connectivity index (χ4v) is 3.66. The lowest BCUT2D eigenvalue weighted by Gasteiger charge is -2.41. The van der Waals surface area contributed by atoms with Gasteiger partial charge in [0, 0.05) is 31.5 Å². The number of likely N-dealkylation sites (tertiary alicyclic amines) is 2. The highest BCUT2D eigenvalue weighted by molar-refractivity contribution is 5.65. The summed E-state index contributed by atoms with van der Waals surface area (Å²) in [5.41, 5.74) is 1.41. The molecule has 0 atom stereocenters. The van der Waals surface area contributed by atoms with Crippen LogP contribution >= 0.6 is 0 Å². The third kappa shape index (κ3) is 3.35. The number of pyridine rings is 1. The van der Waals surface area contributed by atoms with E-state index in [-0.39, 0.29) is 0 Å². The highest BCUT2D eigenvalue weighted by Crippen LogP contribution is 2.30. The van der Waals surface area contributed by atoms with Gasteiger partial charge in [-0.25, -0.2) is 4.79 Å².